The number of sulfone groups is 1. The molecule has 1 fully saturated rings. The number of hydrogen-bond acceptors (Lipinski definition) is 4. The van der Waals surface area contributed by atoms with Gasteiger partial charge in [0, 0.05) is 11.6 Å². The Hall–Kier alpha value is -2.18. The van der Waals surface area contributed by atoms with Gasteiger partial charge in [-0.05, 0) is 55.0 Å². The fourth-order valence-electron chi connectivity index (χ4n) is 4.46. The largest absolute Gasteiger partial charge is 0.430 e. The van der Waals surface area contributed by atoms with E-state index in [2.05, 4.69) is 0 Å². The highest BCUT2D eigenvalue weighted by Gasteiger charge is 2.71. The van der Waals surface area contributed by atoms with Gasteiger partial charge in [-0.3, -0.25) is 0 Å². The number of rotatable bonds is 4. The molecule has 0 spiro atoms. The van der Waals surface area contributed by atoms with E-state index in [-0.39, 0.29) is 41.7 Å². The lowest BCUT2D eigenvalue weighted by Gasteiger charge is -2.42. The van der Waals surface area contributed by atoms with Crippen LogP contribution in [0.15, 0.2) is 53.4 Å². The van der Waals surface area contributed by atoms with E-state index in [1.54, 1.807) is 6.92 Å². The van der Waals surface area contributed by atoms with Crippen molar-refractivity contribution in [3.05, 3.63) is 65.5 Å². The van der Waals surface area contributed by atoms with Crippen molar-refractivity contribution in [2.24, 2.45) is 11.7 Å². The lowest BCUT2D eigenvalue weighted by molar-refractivity contribution is -0.376. The number of hydrogen-bond donors (Lipinski definition) is 2. The zero-order chi connectivity index (χ0) is 25.7. The quantitative estimate of drug-likeness (QED) is 0.448. The van der Waals surface area contributed by atoms with Gasteiger partial charge in [-0.1, -0.05) is 31.2 Å². The Morgan fingerprint density at radius 1 is 0.941 bits per heavy atom. The van der Waals surface area contributed by atoms with E-state index in [4.69, 9.17) is 5.73 Å². The molecule has 4 nitrogen and oxygen atoms in total. The van der Waals surface area contributed by atoms with Gasteiger partial charge in [0.05, 0.1) is 4.90 Å². The molecule has 1 unspecified atom stereocenters. The normalized spacial score (nSPS) is 24.8. The third-order valence-corrected chi connectivity index (χ3v) is 9.08. The molecule has 2 aromatic rings. The van der Waals surface area contributed by atoms with Gasteiger partial charge < -0.3 is 10.8 Å². The lowest BCUT2D eigenvalue weighted by atomic mass is 9.75. The summed E-state index contributed by atoms with van der Waals surface area (Å²) in [6.45, 7) is 1.69. The van der Waals surface area contributed by atoms with Crippen LogP contribution in [0.1, 0.15) is 37.3 Å². The van der Waals surface area contributed by atoms with Gasteiger partial charge in [-0.2, -0.15) is 26.3 Å². The third-order valence-electron chi connectivity index (χ3n) is 6.55. The molecule has 0 bridgehead atoms. The maximum absolute atomic E-state index is 13.7. The average Bonchev–Trinajstić information content (AvgIpc) is 2.74. The molecule has 0 heterocycles. The zero-order valence-electron chi connectivity index (χ0n) is 17.8. The molecule has 1 saturated carbocycles. The van der Waals surface area contributed by atoms with Crippen molar-refractivity contribution in [1.29, 1.82) is 0 Å². The first kappa shape index (κ1) is 26.4. The molecular formula is C22H22F7NO3S. The highest BCUT2D eigenvalue weighted by molar-refractivity contribution is 7.92. The van der Waals surface area contributed by atoms with Crippen molar-refractivity contribution in [2.75, 3.05) is 0 Å². The van der Waals surface area contributed by atoms with Crippen LogP contribution in [0.3, 0.4) is 0 Å². The Bertz CT molecular complexity index is 1120. The topological polar surface area (TPSA) is 80.4 Å². The van der Waals surface area contributed by atoms with Crippen molar-refractivity contribution in [3.63, 3.8) is 0 Å². The van der Waals surface area contributed by atoms with Crippen molar-refractivity contribution in [3.8, 4) is 0 Å². The maximum Gasteiger partial charge on any atom is 0.430 e. The van der Waals surface area contributed by atoms with E-state index in [9.17, 15) is 44.3 Å². The molecule has 1 aliphatic carbocycles. The van der Waals surface area contributed by atoms with Gasteiger partial charge >= 0.3 is 12.4 Å². The van der Waals surface area contributed by atoms with Gasteiger partial charge in [0.1, 0.15) is 10.6 Å². The summed E-state index contributed by atoms with van der Waals surface area (Å²) >= 11 is 0. The minimum absolute atomic E-state index is 0.0500. The van der Waals surface area contributed by atoms with Crippen LogP contribution in [0.2, 0.25) is 0 Å². The monoisotopic (exact) mass is 513 g/mol. The lowest BCUT2D eigenvalue weighted by Crippen LogP contribution is -2.54. The van der Waals surface area contributed by atoms with E-state index >= 15 is 0 Å². The summed E-state index contributed by atoms with van der Waals surface area (Å²) in [5, 5.41) is 9.64. The van der Waals surface area contributed by atoms with Gasteiger partial charge in [-0.15, -0.1) is 0 Å². The highest BCUT2D eigenvalue weighted by Crippen LogP contribution is 2.52. The predicted octanol–water partition coefficient (Wildman–Crippen LogP) is 4.95. The molecule has 0 saturated heterocycles. The van der Waals surface area contributed by atoms with Gasteiger partial charge in [0.25, 0.3) is 5.60 Å². The van der Waals surface area contributed by atoms with Crippen LogP contribution < -0.4 is 5.73 Å². The smallest absolute Gasteiger partial charge is 0.369 e. The standard InChI is InChI=1S/C22H22F7NO3S/c1-13-12-19(11-10-18(13)30,34(32,33)17-8-6-16(23)7-9-17)14-2-4-15(5-3-14)20(31,21(24,25)26)22(27,28)29/h2-9,13,18,31H,10-12,30H2,1H3/t13-,18?,19+/m1/s1. The number of alkyl halides is 6. The Kier molecular flexibility index (Phi) is 6.60. The molecule has 3 rings (SSSR count). The zero-order valence-corrected chi connectivity index (χ0v) is 18.6. The summed E-state index contributed by atoms with van der Waals surface area (Å²) in [4.78, 5) is -0.247. The summed E-state index contributed by atoms with van der Waals surface area (Å²) in [6, 6.07) is 6.16. The van der Waals surface area contributed by atoms with Crippen molar-refractivity contribution < 1.29 is 44.3 Å². The second kappa shape index (κ2) is 8.49. The molecule has 188 valence electrons. The second-order valence-electron chi connectivity index (χ2n) is 8.62. The van der Waals surface area contributed by atoms with Crippen LogP contribution in [0, 0.1) is 11.7 Å². The molecule has 0 aliphatic heterocycles. The average molecular weight is 513 g/mol. The summed E-state index contributed by atoms with van der Waals surface area (Å²) in [7, 11) is -4.28. The van der Waals surface area contributed by atoms with E-state index in [1.165, 1.54) is 0 Å². The molecule has 2 aromatic carbocycles. The van der Waals surface area contributed by atoms with Crippen LogP contribution >= 0.6 is 0 Å². The number of aliphatic hydroxyl groups is 1. The number of nitrogens with two attached hydrogens (primary N) is 1. The Morgan fingerprint density at radius 2 is 1.44 bits per heavy atom. The van der Waals surface area contributed by atoms with Crippen LogP contribution in [0.25, 0.3) is 0 Å². The first-order chi connectivity index (χ1) is 15.5. The Morgan fingerprint density at radius 3 is 1.88 bits per heavy atom. The fraction of sp³-hybridized carbons (Fsp3) is 0.455. The molecule has 12 heteroatoms. The van der Waals surface area contributed by atoms with E-state index in [0.717, 1.165) is 36.4 Å². The van der Waals surface area contributed by atoms with E-state index < -0.39 is 43.9 Å². The molecule has 3 N–H and O–H groups in total. The van der Waals surface area contributed by atoms with Crippen molar-refractivity contribution >= 4 is 9.84 Å². The highest BCUT2D eigenvalue weighted by atomic mass is 32.2. The molecule has 3 atom stereocenters. The summed E-state index contributed by atoms with van der Waals surface area (Å²) in [5.74, 6) is -1.04. The van der Waals surface area contributed by atoms with Crippen LogP contribution in [0.4, 0.5) is 30.7 Å². The Labute approximate surface area is 191 Å². The predicted molar refractivity (Wildman–Crippen MR) is 109 cm³/mol. The molecule has 0 amide bonds. The fourth-order valence-corrected chi connectivity index (χ4v) is 6.72. The second-order valence-corrected chi connectivity index (χ2v) is 10.9. The van der Waals surface area contributed by atoms with Crippen molar-refractivity contribution in [1.82, 2.24) is 0 Å². The molecule has 34 heavy (non-hydrogen) atoms. The number of halogens is 7. The summed E-state index contributed by atoms with van der Waals surface area (Å²) in [6.07, 6.45) is -12.0. The Balaban J connectivity index is 2.18. The molecule has 0 radical (unpaired) electrons. The first-order valence-corrected chi connectivity index (χ1v) is 11.7. The number of benzene rings is 2. The van der Waals surface area contributed by atoms with Crippen LogP contribution in [-0.4, -0.2) is 31.9 Å². The SMILES string of the molecule is C[C@@H]1C[C@@](c2ccc(C(O)(C(F)(F)F)C(F)(F)F)cc2)(S(=O)(=O)c2ccc(F)cc2)CCC1N. The van der Waals surface area contributed by atoms with Crippen LogP contribution in [0.5, 0.6) is 0 Å². The third kappa shape index (κ3) is 4.09. The minimum Gasteiger partial charge on any atom is -0.369 e. The van der Waals surface area contributed by atoms with Gasteiger partial charge in [-0.25, -0.2) is 12.8 Å². The van der Waals surface area contributed by atoms with Gasteiger partial charge in [0.15, 0.2) is 9.84 Å². The first-order valence-electron chi connectivity index (χ1n) is 10.2. The molecule has 0 aromatic heterocycles. The maximum atomic E-state index is 13.7. The van der Waals surface area contributed by atoms with Crippen LogP contribution in [-0.2, 0) is 20.2 Å². The van der Waals surface area contributed by atoms with Crippen molar-refractivity contribution in [2.45, 2.75) is 59.8 Å². The summed E-state index contributed by atoms with van der Waals surface area (Å²) < 4.78 is 119. The summed E-state index contributed by atoms with van der Waals surface area (Å²) in [5.41, 5.74) is -0.651. The van der Waals surface area contributed by atoms with Gasteiger partial charge in [0.2, 0.25) is 0 Å². The molecular weight excluding hydrogens is 491 g/mol. The van der Waals surface area contributed by atoms with E-state index in [0.29, 0.717) is 12.1 Å². The van der Waals surface area contributed by atoms with E-state index in [1.807, 2.05) is 0 Å². The molecule has 1 aliphatic rings. The minimum atomic E-state index is -6.07.